The number of aryl methyl sites for hydroxylation is 3. The number of aromatic amines is 1. The molecule has 2 N–H and O–H groups in total. The molecule has 0 aromatic carbocycles. The Hall–Kier alpha value is -1.74. The minimum absolute atomic E-state index is 0.189. The summed E-state index contributed by atoms with van der Waals surface area (Å²) in [7, 11) is -3.58. The average Bonchev–Trinajstić information content (AvgIpc) is 2.86. The predicted molar refractivity (Wildman–Crippen MR) is 66.0 cm³/mol. The molecule has 9 heteroatoms. The lowest BCUT2D eigenvalue weighted by Crippen LogP contribution is -2.27. The van der Waals surface area contributed by atoms with Crippen molar-refractivity contribution in [3.63, 3.8) is 0 Å². The second-order valence-electron chi connectivity index (χ2n) is 4.13. The Kier molecular flexibility index (Phi) is 3.67. The second-order valence-corrected chi connectivity index (χ2v) is 5.83. The van der Waals surface area contributed by atoms with E-state index < -0.39 is 10.0 Å². The van der Waals surface area contributed by atoms with Gasteiger partial charge in [0.1, 0.15) is 4.90 Å². The van der Waals surface area contributed by atoms with Crippen molar-refractivity contribution in [1.29, 1.82) is 0 Å². The van der Waals surface area contributed by atoms with E-state index in [2.05, 4.69) is 25.1 Å². The number of nitrogens with one attached hydrogen (secondary N) is 2. The lowest BCUT2D eigenvalue weighted by atomic mass is 10.4. The highest BCUT2D eigenvalue weighted by molar-refractivity contribution is 7.89. The number of hydrogen-bond donors (Lipinski definition) is 2. The first-order chi connectivity index (χ1) is 8.90. The maximum Gasteiger partial charge on any atom is 0.244 e. The van der Waals surface area contributed by atoms with Gasteiger partial charge >= 0.3 is 0 Å². The number of hydrogen-bond acceptors (Lipinski definition) is 6. The molecule has 2 aromatic heterocycles. The highest BCUT2D eigenvalue weighted by Crippen LogP contribution is 2.15. The SMILES string of the molecule is Cc1nnc(CCNS(=O)(=O)c2c(C)n[nH]c2C)o1. The molecule has 0 amide bonds. The minimum Gasteiger partial charge on any atom is -0.426 e. The fourth-order valence-corrected chi connectivity index (χ4v) is 3.14. The fourth-order valence-electron chi connectivity index (χ4n) is 1.74. The summed E-state index contributed by atoms with van der Waals surface area (Å²) in [5, 5.41) is 14.0. The number of rotatable bonds is 5. The van der Waals surface area contributed by atoms with Crippen LogP contribution in [0.1, 0.15) is 23.2 Å². The highest BCUT2D eigenvalue weighted by Gasteiger charge is 2.21. The molecule has 0 aliphatic heterocycles. The Morgan fingerprint density at radius 1 is 1.26 bits per heavy atom. The van der Waals surface area contributed by atoms with E-state index in [0.29, 0.717) is 29.6 Å². The van der Waals surface area contributed by atoms with Gasteiger partial charge in [-0.1, -0.05) is 0 Å². The zero-order chi connectivity index (χ0) is 14.0. The normalized spacial score (nSPS) is 11.9. The van der Waals surface area contributed by atoms with Crippen LogP contribution in [0.15, 0.2) is 9.31 Å². The molecular formula is C10H15N5O3S. The molecule has 0 atom stereocenters. The summed E-state index contributed by atoms with van der Waals surface area (Å²) in [4.78, 5) is 0.189. The number of nitrogens with zero attached hydrogens (tertiary/aromatic N) is 3. The second kappa shape index (κ2) is 5.10. The Balaban J connectivity index is 2.03. The summed E-state index contributed by atoms with van der Waals surface area (Å²) in [6, 6.07) is 0. The van der Waals surface area contributed by atoms with Gasteiger partial charge in [-0.25, -0.2) is 13.1 Å². The van der Waals surface area contributed by atoms with Gasteiger partial charge in [0.05, 0.1) is 11.4 Å². The molecule has 0 aliphatic rings. The van der Waals surface area contributed by atoms with E-state index in [1.165, 1.54) is 0 Å². The van der Waals surface area contributed by atoms with E-state index in [4.69, 9.17) is 4.42 Å². The monoisotopic (exact) mass is 285 g/mol. The molecule has 19 heavy (non-hydrogen) atoms. The predicted octanol–water partition coefficient (Wildman–Crippen LogP) is 0.239. The van der Waals surface area contributed by atoms with E-state index >= 15 is 0 Å². The van der Waals surface area contributed by atoms with Gasteiger partial charge in [-0.05, 0) is 13.8 Å². The van der Waals surface area contributed by atoms with Crippen LogP contribution in [0.2, 0.25) is 0 Å². The van der Waals surface area contributed by atoms with Gasteiger partial charge in [0.15, 0.2) is 0 Å². The fraction of sp³-hybridized carbons (Fsp3) is 0.500. The summed E-state index contributed by atoms with van der Waals surface area (Å²) in [5.41, 5.74) is 0.956. The van der Waals surface area contributed by atoms with Gasteiger partial charge in [0, 0.05) is 19.9 Å². The minimum atomic E-state index is -3.58. The van der Waals surface area contributed by atoms with Crippen LogP contribution in [0.25, 0.3) is 0 Å². The largest absolute Gasteiger partial charge is 0.426 e. The molecular weight excluding hydrogens is 270 g/mol. The third-order valence-electron chi connectivity index (χ3n) is 2.53. The maximum atomic E-state index is 12.1. The van der Waals surface area contributed by atoms with E-state index in [1.807, 2.05) is 0 Å². The van der Waals surface area contributed by atoms with Crippen LogP contribution >= 0.6 is 0 Å². The van der Waals surface area contributed by atoms with Gasteiger partial charge in [0.25, 0.3) is 0 Å². The molecule has 2 heterocycles. The van der Waals surface area contributed by atoms with Gasteiger partial charge in [-0.3, -0.25) is 5.10 Å². The quantitative estimate of drug-likeness (QED) is 0.813. The molecule has 8 nitrogen and oxygen atoms in total. The zero-order valence-corrected chi connectivity index (χ0v) is 11.7. The molecule has 2 aromatic rings. The molecule has 104 valence electrons. The zero-order valence-electron chi connectivity index (χ0n) is 10.9. The molecule has 0 spiro atoms. The van der Waals surface area contributed by atoms with Crippen LogP contribution in [0, 0.1) is 20.8 Å². The van der Waals surface area contributed by atoms with Crippen molar-refractivity contribution in [3.05, 3.63) is 23.2 Å². The van der Waals surface area contributed by atoms with Crippen molar-refractivity contribution >= 4 is 10.0 Å². The summed E-state index contributed by atoms with van der Waals surface area (Å²) >= 11 is 0. The molecule has 0 aliphatic carbocycles. The highest BCUT2D eigenvalue weighted by atomic mass is 32.2. The molecule has 2 rings (SSSR count). The smallest absolute Gasteiger partial charge is 0.244 e. The Morgan fingerprint density at radius 3 is 2.53 bits per heavy atom. The lowest BCUT2D eigenvalue weighted by molar-refractivity contribution is 0.466. The van der Waals surface area contributed by atoms with Gasteiger partial charge < -0.3 is 4.42 Å². The first-order valence-electron chi connectivity index (χ1n) is 5.70. The summed E-state index contributed by atoms with van der Waals surface area (Å²) in [5.74, 6) is 0.861. The average molecular weight is 285 g/mol. The van der Waals surface area contributed by atoms with Crippen LogP contribution in [-0.2, 0) is 16.4 Å². The molecule has 0 fully saturated rings. The van der Waals surface area contributed by atoms with Crippen molar-refractivity contribution in [2.24, 2.45) is 0 Å². The first kappa shape index (κ1) is 13.7. The number of sulfonamides is 1. The first-order valence-corrected chi connectivity index (χ1v) is 7.18. The summed E-state index contributed by atoms with van der Waals surface area (Å²) in [6.45, 7) is 5.17. The molecule has 0 saturated heterocycles. The van der Waals surface area contributed by atoms with Crippen molar-refractivity contribution < 1.29 is 12.8 Å². The molecule has 0 saturated carbocycles. The van der Waals surface area contributed by atoms with E-state index in [9.17, 15) is 8.42 Å². The summed E-state index contributed by atoms with van der Waals surface area (Å²) < 4.78 is 31.8. The van der Waals surface area contributed by atoms with Crippen LogP contribution in [0.3, 0.4) is 0 Å². The Labute approximate surface area is 110 Å². The van der Waals surface area contributed by atoms with E-state index in [-0.39, 0.29) is 11.4 Å². The van der Waals surface area contributed by atoms with Crippen LogP contribution in [0.4, 0.5) is 0 Å². The van der Waals surface area contributed by atoms with Crippen LogP contribution in [-0.4, -0.2) is 35.4 Å². The Bertz CT molecular complexity index is 654. The summed E-state index contributed by atoms with van der Waals surface area (Å²) in [6.07, 6.45) is 0.343. The van der Waals surface area contributed by atoms with Crippen LogP contribution < -0.4 is 4.72 Å². The van der Waals surface area contributed by atoms with Gasteiger partial charge in [-0.2, -0.15) is 5.10 Å². The third-order valence-corrected chi connectivity index (χ3v) is 4.25. The van der Waals surface area contributed by atoms with Crippen molar-refractivity contribution in [3.8, 4) is 0 Å². The standard InChI is InChI=1S/C10H15N5O3S/c1-6-10(7(2)13-12-6)19(16,17)11-5-4-9-15-14-8(3)18-9/h11H,4-5H2,1-3H3,(H,12,13). The van der Waals surface area contributed by atoms with Crippen LogP contribution in [0.5, 0.6) is 0 Å². The Morgan fingerprint density at radius 2 is 2.00 bits per heavy atom. The maximum absolute atomic E-state index is 12.1. The number of H-pyrrole nitrogens is 1. The topological polar surface area (TPSA) is 114 Å². The molecule has 0 radical (unpaired) electrons. The lowest BCUT2D eigenvalue weighted by Gasteiger charge is -2.05. The van der Waals surface area contributed by atoms with Crippen molar-refractivity contribution in [2.45, 2.75) is 32.1 Å². The van der Waals surface area contributed by atoms with Crippen molar-refractivity contribution in [2.75, 3.05) is 6.54 Å². The van der Waals surface area contributed by atoms with Crippen molar-refractivity contribution in [1.82, 2.24) is 25.1 Å². The van der Waals surface area contributed by atoms with Gasteiger partial charge in [0.2, 0.25) is 21.8 Å². The number of aromatic nitrogens is 4. The molecule has 0 unspecified atom stereocenters. The molecule has 0 bridgehead atoms. The van der Waals surface area contributed by atoms with E-state index in [1.54, 1.807) is 20.8 Å². The van der Waals surface area contributed by atoms with Gasteiger partial charge in [-0.15, -0.1) is 10.2 Å². The van der Waals surface area contributed by atoms with E-state index in [0.717, 1.165) is 0 Å². The third kappa shape index (κ3) is 2.99.